The molecule has 0 saturated heterocycles. The number of benzene rings is 1. The fourth-order valence-electron chi connectivity index (χ4n) is 2.09. The molecule has 0 spiro atoms. The van der Waals surface area contributed by atoms with Crippen LogP contribution in [-0.4, -0.2) is 16.8 Å². The molecule has 1 aromatic heterocycles. The SMILES string of the molecule is CCn1ncc(Br)c1C(NC)c1cccc(Br)c1Cl. The summed E-state index contributed by atoms with van der Waals surface area (Å²) in [5.74, 6) is 0. The van der Waals surface area contributed by atoms with Crippen LogP contribution >= 0.6 is 43.5 Å². The minimum absolute atomic E-state index is 0.0122. The Morgan fingerprint density at radius 3 is 2.74 bits per heavy atom. The first kappa shape index (κ1) is 15.0. The smallest absolute Gasteiger partial charge is 0.0772 e. The summed E-state index contributed by atoms with van der Waals surface area (Å²) in [6, 6.07) is 5.93. The standard InChI is InChI=1S/C13H14Br2ClN3/c1-3-19-13(10(15)7-18-19)12(17-2)8-5-4-6-9(14)11(8)16/h4-7,12,17H,3H2,1-2H3. The fourth-order valence-corrected chi connectivity index (χ4v) is 3.24. The molecule has 2 aromatic rings. The van der Waals surface area contributed by atoms with Gasteiger partial charge in [-0.15, -0.1) is 0 Å². The molecular formula is C13H14Br2ClN3. The second kappa shape index (κ2) is 6.39. The zero-order chi connectivity index (χ0) is 14.0. The van der Waals surface area contributed by atoms with Crippen molar-refractivity contribution in [3.8, 4) is 0 Å². The highest BCUT2D eigenvalue weighted by Gasteiger charge is 2.22. The van der Waals surface area contributed by atoms with Crippen LogP contribution in [-0.2, 0) is 6.54 Å². The van der Waals surface area contributed by atoms with Gasteiger partial charge in [-0.2, -0.15) is 5.10 Å². The first-order chi connectivity index (χ1) is 9.10. The van der Waals surface area contributed by atoms with Crippen molar-refractivity contribution in [2.45, 2.75) is 19.5 Å². The number of aryl methyl sites for hydroxylation is 1. The zero-order valence-electron chi connectivity index (χ0n) is 10.6. The highest BCUT2D eigenvalue weighted by molar-refractivity contribution is 9.10. The van der Waals surface area contributed by atoms with Crippen molar-refractivity contribution >= 4 is 43.5 Å². The van der Waals surface area contributed by atoms with E-state index in [0.29, 0.717) is 0 Å². The Hall–Kier alpha value is -0.360. The molecule has 0 amide bonds. The molecule has 1 heterocycles. The molecule has 0 bridgehead atoms. The van der Waals surface area contributed by atoms with Crippen LogP contribution in [0.5, 0.6) is 0 Å². The van der Waals surface area contributed by atoms with Crippen molar-refractivity contribution < 1.29 is 0 Å². The molecule has 1 N–H and O–H groups in total. The van der Waals surface area contributed by atoms with Crippen molar-refractivity contribution in [2.75, 3.05) is 7.05 Å². The van der Waals surface area contributed by atoms with Crippen molar-refractivity contribution in [3.05, 3.63) is 49.6 Å². The van der Waals surface area contributed by atoms with Gasteiger partial charge in [0.25, 0.3) is 0 Å². The number of halogens is 3. The van der Waals surface area contributed by atoms with Gasteiger partial charge in [0.15, 0.2) is 0 Å². The van der Waals surface area contributed by atoms with E-state index in [1.54, 1.807) is 0 Å². The molecular weight excluding hydrogens is 393 g/mol. The lowest BCUT2D eigenvalue weighted by atomic mass is 10.0. The van der Waals surface area contributed by atoms with Crippen molar-refractivity contribution in [2.24, 2.45) is 0 Å². The molecule has 0 aliphatic carbocycles. The minimum atomic E-state index is -0.0122. The van der Waals surface area contributed by atoms with Gasteiger partial charge in [-0.25, -0.2) is 0 Å². The molecule has 6 heteroatoms. The molecule has 19 heavy (non-hydrogen) atoms. The molecule has 0 fully saturated rings. The third-order valence-electron chi connectivity index (χ3n) is 2.99. The Morgan fingerprint density at radius 1 is 1.37 bits per heavy atom. The molecule has 3 nitrogen and oxygen atoms in total. The van der Waals surface area contributed by atoms with Crippen LogP contribution in [0.25, 0.3) is 0 Å². The van der Waals surface area contributed by atoms with E-state index < -0.39 is 0 Å². The molecule has 102 valence electrons. The van der Waals surface area contributed by atoms with Crippen LogP contribution in [0.2, 0.25) is 5.02 Å². The van der Waals surface area contributed by atoms with Crippen molar-refractivity contribution in [1.82, 2.24) is 15.1 Å². The van der Waals surface area contributed by atoms with Crippen LogP contribution < -0.4 is 5.32 Å². The Labute approximate surface area is 134 Å². The molecule has 1 unspecified atom stereocenters. The quantitative estimate of drug-likeness (QED) is 0.815. The van der Waals surface area contributed by atoms with E-state index in [-0.39, 0.29) is 6.04 Å². The maximum atomic E-state index is 6.40. The Bertz CT molecular complexity index is 583. The molecule has 0 radical (unpaired) electrons. The Morgan fingerprint density at radius 2 is 2.11 bits per heavy atom. The van der Waals surface area contributed by atoms with Crippen LogP contribution in [0.4, 0.5) is 0 Å². The van der Waals surface area contributed by atoms with Gasteiger partial charge in [0.1, 0.15) is 0 Å². The summed E-state index contributed by atoms with van der Waals surface area (Å²) in [7, 11) is 1.92. The maximum absolute atomic E-state index is 6.40. The third kappa shape index (κ3) is 2.89. The van der Waals surface area contributed by atoms with Gasteiger partial charge >= 0.3 is 0 Å². The van der Waals surface area contributed by atoms with Gasteiger partial charge in [-0.3, -0.25) is 4.68 Å². The van der Waals surface area contributed by atoms with Gasteiger partial charge in [0.2, 0.25) is 0 Å². The summed E-state index contributed by atoms with van der Waals surface area (Å²) < 4.78 is 3.83. The molecule has 2 rings (SSSR count). The zero-order valence-corrected chi connectivity index (χ0v) is 14.6. The van der Waals surface area contributed by atoms with Crippen LogP contribution in [0.15, 0.2) is 33.3 Å². The lowest BCUT2D eigenvalue weighted by Crippen LogP contribution is -2.22. The number of aromatic nitrogens is 2. The number of hydrogen-bond donors (Lipinski definition) is 1. The van der Waals surface area contributed by atoms with Crippen molar-refractivity contribution in [3.63, 3.8) is 0 Å². The Balaban J connectivity index is 2.56. The largest absolute Gasteiger partial charge is 0.308 e. The number of nitrogens with zero attached hydrogens (tertiary/aromatic N) is 2. The molecule has 0 saturated carbocycles. The van der Waals surface area contributed by atoms with Crippen LogP contribution in [0.1, 0.15) is 24.2 Å². The summed E-state index contributed by atoms with van der Waals surface area (Å²) in [5.41, 5.74) is 2.10. The summed E-state index contributed by atoms with van der Waals surface area (Å²) in [5, 5.41) is 8.38. The summed E-state index contributed by atoms with van der Waals surface area (Å²) in [6.45, 7) is 2.88. The number of hydrogen-bond acceptors (Lipinski definition) is 2. The van der Waals surface area contributed by atoms with Crippen LogP contribution in [0.3, 0.4) is 0 Å². The van der Waals surface area contributed by atoms with Gasteiger partial charge in [-0.05, 0) is 57.5 Å². The third-order valence-corrected chi connectivity index (χ3v) is 4.91. The summed E-state index contributed by atoms with van der Waals surface area (Å²) in [6.07, 6.45) is 1.81. The summed E-state index contributed by atoms with van der Waals surface area (Å²) in [4.78, 5) is 0. The average Bonchev–Trinajstić information content (AvgIpc) is 2.77. The van der Waals surface area contributed by atoms with E-state index >= 15 is 0 Å². The second-order valence-corrected chi connectivity index (χ2v) is 6.14. The highest BCUT2D eigenvalue weighted by Crippen LogP contribution is 2.35. The van der Waals surface area contributed by atoms with E-state index in [0.717, 1.165) is 31.8 Å². The van der Waals surface area contributed by atoms with E-state index in [2.05, 4.69) is 49.2 Å². The predicted molar refractivity (Wildman–Crippen MR) is 85.7 cm³/mol. The van der Waals surface area contributed by atoms with Gasteiger partial charge in [0.05, 0.1) is 27.4 Å². The van der Waals surface area contributed by atoms with E-state index in [1.807, 2.05) is 36.1 Å². The molecule has 0 aliphatic rings. The lowest BCUT2D eigenvalue weighted by Gasteiger charge is -2.20. The maximum Gasteiger partial charge on any atom is 0.0772 e. The minimum Gasteiger partial charge on any atom is -0.308 e. The summed E-state index contributed by atoms with van der Waals surface area (Å²) >= 11 is 13.4. The monoisotopic (exact) mass is 405 g/mol. The molecule has 0 aliphatic heterocycles. The van der Waals surface area contributed by atoms with Gasteiger partial charge in [-0.1, -0.05) is 23.7 Å². The predicted octanol–water partition coefficient (Wildman–Crippen LogP) is 4.39. The van der Waals surface area contributed by atoms with Crippen molar-refractivity contribution in [1.29, 1.82) is 0 Å². The highest BCUT2D eigenvalue weighted by atomic mass is 79.9. The van der Waals surface area contributed by atoms with Gasteiger partial charge in [0, 0.05) is 11.0 Å². The lowest BCUT2D eigenvalue weighted by molar-refractivity contribution is 0.561. The number of rotatable bonds is 4. The van der Waals surface area contributed by atoms with Gasteiger partial charge < -0.3 is 5.32 Å². The second-order valence-electron chi connectivity index (χ2n) is 4.06. The normalized spacial score (nSPS) is 12.7. The fraction of sp³-hybridized carbons (Fsp3) is 0.308. The van der Waals surface area contributed by atoms with E-state index in [4.69, 9.17) is 11.6 Å². The average molecular weight is 408 g/mol. The Kier molecular flexibility index (Phi) is 5.06. The molecule has 1 aromatic carbocycles. The van der Waals surface area contributed by atoms with E-state index in [1.165, 1.54) is 0 Å². The number of nitrogens with one attached hydrogen (secondary N) is 1. The molecule has 1 atom stereocenters. The van der Waals surface area contributed by atoms with Crippen LogP contribution in [0, 0.1) is 0 Å². The first-order valence-corrected chi connectivity index (χ1v) is 7.88. The topological polar surface area (TPSA) is 29.9 Å². The first-order valence-electron chi connectivity index (χ1n) is 5.92. The van der Waals surface area contributed by atoms with E-state index in [9.17, 15) is 0 Å².